The van der Waals surface area contributed by atoms with Gasteiger partial charge in [0.1, 0.15) is 0 Å². The Bertz CT molecular complexity index is 427. The summed E-state index contributed by atoms with van der Waals surface area (Å²) in [5.41, 5.74) is 1.91. The smallest absolute Gasteiger partial charge is 0.0178 e. The fraction of sp³-hybridized carbons (Fsp3) is 0.667. The summed E-state index contributed by atoms with van der Waals surface area (Å²) in [5, 5.41) is 3.76. The number of halogens is 1. The van der Waals surface area contributed by atoms with Gasteiger partial charge in [-0.15, -0.1) is 0 Å². The standard InChI is InChI=1S/C18H28BrN/c1-4-20-17(13-14-8-7-9-15(19)12-14)16-10-5-6-11-18(16,2)3/h7-9,12,16-17,20H,4-6,10-11,13H2,1-3H3. The van der Waals surface area contributed by atoms with E-state index in [1.165, 1.54) is 35.7 Å². The first-order valence-corrected chi connectivity index (χ1v) is 8.80. The molecule has 0 heterocycles. The average molecular weight is 338 g/mol. The van der Waals surface area contributed by atoms with Gasteiger partial charge in [-0.1, -0.05) is 61.7 Å². The number of benzene rings is 1. The van der Waals surface area contributed by atoms with E-state index in [2.05, 4.69) is 66.3 Å². The Kier molecular flexibility index (Phi) is 5.68. The zero-order valence-electron chi connectivity index (χ0n) is 13.1. The maximum Gasteiger partial charge on any atom is 0.0178 e. The summed E-state index contributed by atoms with van der Waals surface area (Å²) in [4.78, 5) is 0. The predicted molar refractivity (Wildman–Crippen MR) is 91.0 cm³/mol. The highest BCUT2D eigenvalue weighted by atomic mass is 79.9. The number of rotatable bonds is 5. The van der Waals surface area contributed by atoms with Gasteiger partial charge in [-0.05, 0) is 54.8 Å². The normalized spacial score (nSPS) is 23.5. The highest BCUT2D eigenvalue weighted by molar-refractivity contribution is 9.10. The van der Waals surface area contributed by atoms with Crippen LogP contribution in [0.5, 0.6) is 0 Å². The largest absolute Gasteiger partial charge is 0.314 e. The van der Waals surface area contributed by atoms with Gasteiger partial charge in [-0.25, -0.2) is 0 Å². The first-order chi connectivity index (χ1) is 9.53. The SMILES string of the molecule is CCNC(Cc1cccc(Br)c1)C1CCCCC1(C)C. The molecule has 112 valence electrons. The third-order valence-electron chi connectivity index (χ3n) is 4.89. The Morgan fingerprint density at radius 1 is 1.35 bits per heavy atom. The Labute approximate surface area is 132 Å². The lowest BCUT2D eigenvalue weighted by Gasteiger charge is -2.43. The fourth-order valence-corrected chi connectivity index (χ4v) is 4.25. The van der Waals surface area contributed by atoms with E-state index >= 15 is 0 Å². The molecule has 0 aliphatic heterocycles. The van der Waals surface area contributed by atoms with E-state index in [1.807, 2.05) is 0 Å². The lowest BCUT2D eigenvalue weighted by atomic mass is 9.65. The number of nitrogens with one attached hydrogen (secondary N) is 1. The van der Waals surface area contributed by atoms with Gasteiger partial charge in [0.2, 0.25) is 0 Å². The molecule has 1 fully saturated rings. The second kappa shape index (κ2) is 7.09. The van der Waals surface area contributed by atoms with Crippen LogP contribution in [-0.4, -0.2) is 12.6 Å². The van der Waals surface area contributed by atoms with Gasteiger partial charge in [0.05, 0.1) is 0 Å². The molecule has 2 unspecified atom stereocenters. The second-order valence-electron chi connectivity index (χ2n) is 6.84. The van der Waals surface area contributed by atoms with Crippen LogP contribution in [0.3, 0.4) is 0 Å². The first-order valence-electron chi connectivity index (χ1n) is 8.01. The molecule has 0 bridgehead atoms. The van der Waals surface area contributed by atoms with Crippen molar-refractivity contribution in [2.45, 2.75) is 58.9 Å². The molecule has 2 heteroatoms. The quantitative estimate of drug-likeness (QED) is 0.779. The molecule has 20 heavy (non-hydrogen) atoms. The van der Waals surface area contributed by atoms with Gasteiger partial charge >= 0.3 is 0 Å². The predicted octanol–water partition coefficient (Wildman–Crippen LogP) is 5.19. The number of likely N-dealkylation sites (N-methyl/N-ethyl adjacent to an activating group) is 1. The van der Waals surface area contributed by atoms with Crippen LogP contribution in [-0.2, 0) is 6.42 Å². The maximum absolute atomic E-state index is 3.76. The van der Waals surface area contributed by atoms with Gasteiger partial charge < -0.3 is 5.32 Å². The molecule has 1 aromatic carbocycles. The zero-order chi connectivity index (χ0) is 14.6. The fourth-order valence-electron chi connectivity index (χ4n) is 3.80. The van der Waals surface area contributed by atoms with Crippen molar-refractivity contribution in [3.8, 4) is 0 Å². The van der Waals surface area contributed by atoms with Crippen molar-refractivity contribution in [1.29, 1.82) is 0 Å². The summed E-state index contributed by atoms with van der Waals surface area (Å²) in [7, 11) is 0. The van der Waals surface area contributed by atoms with Crippen LogP contribution in [0.25, 0.3) is 0 Å². The van der Waals surface area contributed by atoms with Crippen molar-refractivity contribution in [3.05, 3.63) is 34.3 Å². The van der Waals surface area contributed by atoms with E-state index in [9.17, 15) is 0 Å². The summed E-state index contributed by atoms with van der Waals surface area (Å²) in [6.45, 7) is 8.21. The van der Waals surface area contributed by atoms with Gasteiger partial charge in [0.15, 0.2) is 0 Å². The van der Waals surface area contributed by atoms with Gasteiger partial charge in [-0.2, -0.15) is 0 Å². The molecule has 0 spiro atoms. The van der Waals surface area contributed by atoms with Crippen LogP contribution in [0, 0.1) is 11.3 Å². The van der Waals surface area contributed by atoms with Crippen LogP contribution in [0.15, 0.2) is 28.7 Å². The molecule has 1 aliphatic rings. The molecule has 1 aliphatic carbocycles. The minimum Gasteiger partial charge on any atom is -0.314 e. The molecule has 2 rings (SSSR count). The Morgan fingerprint density at radius 2 is 2.15 bits per heavy atom. The summed E-state index contributed by atoms with van der Waals surface area (Å²) in [5.74, 6) is 0.787. The van der Waals surface area contributed by atoms with Crippen LogP contribution in [0.4, 0.5) is 0 Å². The van der Waals surface area contributed by atoms with Gasteiger partial charge in [-0.3, -0.25) is 0 Å². The van der Waals surface area contributed by atoms with E-state index in [-0.39, 0.29) is 0 Å². The van der Waals surface area contributed by atoms with Crippen LogP contribution < -0.4 is 5.32 Å². The Morgan fingerprint density at radius 3 is 2.80 bits per heavy atom. The van der Waals surface area contributed by atoms with E-state index in [1.54, 1.807) is 0 Å². The summed E-state index contributed by atoms with van der Waals surface area (Å²) in [6, 6.07) is 9.38. The Balaban J connectivity index is 2.13. The van der Waals surface area contributed by atoms with Crippen LogP contribution in [0.1, 0.15) is 52.0 Å². The average Bonchev–Trinajstić information content (AvgIpc) is 2.38. The lowest BCUT2D eigenvalue weighted by molar-refractivity contribution is 0.0988. The van der Waals surface area contributed by atoms with Crippen molar-refractivity contribution in [1.82, 2.24) is 5.32 Å². The molecule has 0 saturated heterocycles. The minimum absolute atomic E-state index is 0.469. The van der Waals surface area contributed by atoms with Crippen molar-refractivity contribution in [2.24, 2.45) is 11.3 Å². The monoisotopic (exact) mass is 337 g/mol. The van der Waals surface area contributed by atoms with Crippen LogP contribution >= 0.6 is 15.9 Å². The minimum atomic E-state index is 0.469. The molecule has 1 saturated carbocycles. The highest BCUT2D eigenvalue weighted by Crippen LogP contribution is 2.43. The van der Waals surface area contributed by atoms with Crippen molar-refractivity contribution < 1.29 is 0 Å². The maximum atomic E-state index is 3.76. The van der Waals surface area contributed by atoms with Crippen molar-refractivity contribution >= 4 is 15.9 Å². The lowest BCUT2D eigenvalue weighted by Crippen LogP contribution is -2.46. The van der Waals surface area contributed by atoms with Crippen LogP contribution in [0.2, 0.25) is 0 Å². The van der Waals surface area contributed by atoms with Crippen molar-refractivity contribution in [3.63, 3.8) is 0 Å². The van der Waals surface area contributed by atoms with Gasteiger partial charge in [0.25, 0.3) is 0 Å². The third-order valence-corrected chi connectivity index (χ3v) is 5.38. The molecule has 1 aromatic rings. The van der Waals surface area contributed by atoms with Gasteiger partial charge in [0, 0.05) is 10.5 Å². The molecule has 1 nitrogen and oxygen atoms in total. The zero-order valence-corrected chi connectivity index (χ0v) is 14.7. The topological polar surface area (TPSA) is 12.0 Å². The molecule has 0 aromatic heterocycles. The molecule has 1 N–H and O–H groups in total. The molecular weight excluding hydrogens is 310 g/mol. The first kappa shape index (κ1) is 16.0. The van der Waals surface area contributed by atoms with E-state index in [4.69, 9.17) is 0 Å². The molecule has 0 amide bonds. The second-order valence-corrected chi connectivity index (χ2v) is 7.75. The Hall–Kier alpha value is -0.340. The summed E-state index contributed by atoms with van der Waals surface area (Å²) >= 11 is 3.59. The molecule has 0 radical (unpaired) electrons. The summed E-state index contributed by atoms with van der Waals surface area (Å²) < 4.78 is 1.19. The van der Waals surface area contributed by atoms with E-state index in [0.717, 1.165) is 18.9 Å². The number of hydrogen-bond donors (Lipinski definition) is 1. The summed E-state index contributed by atoms with van der Waals surface area (Å²) in [6.07, 6.45) is 6.69. The number of hydrogen-bond acceptors (Lipinski definition) is 1. The third kappa shape index (κ3) is 4.08. The molecular formula is C18H28BrN. The van der Waals surface area contributed by atoms with E-state index < -0.39 is 0 Å². The highest BCUT2D eigenvalue weighted by Gasteiger charge is 2.37. The van der Waals surface area contributed by atoms with Crippen molar-refractivity contribution in [2.75, 3.05) is 6.54 Å². The van der Waals surface area contributed by atoms with E-state index in [0.29, 0.717) is 11.5 Å². The molecule has 2 atom stereocenters.